The number of pyridine rings is 1. The van der Waals surface area contributed by atoms with Gasteiger partial charge in [-0.15, -0.1) is 10.2 Å². The number of carbonyl (C=O) groups is 1. The van der Waals surface area contributed by atoms with Gasteiger partial charge in [0.15, 0.2) is 11.4 Å². The van der Waals surface area contributed by atoms with E-state index in [0.29, 0.717) is 5.56 Å². The van der Waals surface area contributed by atoms with Crippen LogP contribution in [-0.4, -0.2) is 20.4 Å². The lowest BCUT2D eigenvalue weighted by molar-refractivity contribution is 0.101. The molecule has 0 N–H and O–H groups in total. The van der Waals surface area contributed by atoms with Gasteiger partial charge < -0.3 is 0 Å². The van der Waals surface area contributed by atoms with Crippen LogP contribution in [0.15, 0.2) is 24.7 Å². The SMILES string of the molecule is CC(=O)c1ccc2nncn2c1. The fraction of sp³-hybridized carbons (Fsp3) is 0.125. The Morgan fingerprint density at radius 3 is 3.08 bits per heavy atom. The average molecular weight is 161 g/mol. The molecule has 0 aliphatic rings. The highest BCUT2D eigenvalue weighted by molar-refractivity contribution is 5.93. The van der Waals surface area contributed by atoms with Crippen LogP contribution < -0.4 is 0 Å². The van der Waals surface area contributed by atoms with E-state index < -0.39 is 0 Å². The van der Waals surface area contributed by atoms with Crippen LogP contribution in [-0.2, 0) is 0 Å². The molecule has 0 bridgehead atoms. The van der Waals surface area contributed by atoms with Crippen LogP contribution in [0.3, 0.4) is 0 Å². The molecule has 60 valence electrons. The lowest BCUT2D eigenvalue weighted by Gasteiger charge is -1.95. The van der Waals surface area contributed by atoms with E-state index in [-0.39, 0.29) is 5.78 Å². The van der Waals surface area contributed by atoms with E-state index in [1.807, 2.05) is 0 Å². The number of hydrogen-bond donors (Lipinski definition) is 0. The second-order valence-corrected chi connectivity index (χ2v) is 2.57. The van der Waals surface area contributed by atoms with E-state index in [1.54, 1.807) is 29.1 Å². The van der Waals surface area contributed by atoms with Gasteiger partial charge in [0.1, 0.15) is 6.33 Å². The van der Waals surface area contributed by atoms with Crippen LogP contribution in [0.1, 0.15) is 17.3 Å². The zero-order valence-corrected chi connectivity index (χ0v) is 6.56. The Bertz CT molecular complexity index is 433. The molecule has 0 aliphatic carbocycles. The molecule has 4 heteroatoms. The topological polar surface area (TPSA) is 47.3 Å². The largest absolute Gasteiger partial charge is 0.294 e. The molecular formula is C8H7N3O. The lowest BCUT2D eigenvalue weighted by atomic mass is 10.2. The maximum atomic E-state index is 11.0. The molecule has 0 amide bonds. The van der Waals surface area contributed by atoms with Gasteiger partial charge >= 0.3 is 0 Å². The Balaban J connectivity index is 2.68. The van der Waals surface area contributed by atoms with Crippen molar-refractivity contribution in [3.05, 3.63) is 30.2 Å². The van der Waals surface area contributed by atoms with E-state index in [2.05, 4.69) is 10.2 Å². The van der Waals surface area contributed by atoms with E-state index >= 15 is 0 Å². The van der Waals surface area contributed by atoms with Crippen LogP contribution in [0, 0.1) is 0 Å². The molecule has 2 aromatic heterocycles. The van der Waals surface area contributed by atoms with Crippen molar-refractivity contribution in [3.8, 4) is 0 Å². The van der Waals surface area contributed by atoms with Crippen LogP contribution >= 0.6 is 0 Å². The normalized spacial score (nSPS) is 10.4. The van der Waals surface area contributed by atoms with Gasteiger partial charge in [-0.3, -0.25) is 9.20 Å². The number of carbonyl (C=O) groups excluding carboxylic acids is 1. The standard InChI is InChI=1S/C8H7N3O/c1-6(12)7-2-3-8-10-9-5-11(8)4-7/h2-5H,1H3. The van der Waals surface area contributed by atoms with Gasteiger partial charge in [-0.25, -0.2) is 0 Å². The van der Waals surface area contributed by atoms with Gasteiger partial charge in [0.05, 0.1) is 0 Å². The first kappa shape index (κ1) is 6.97. The molecule has 0 unspecified atom stereocenters. The maximum absolute atomic E-state index is 11.0. The maximum Gasteiger partial charge on any atom is 0.161 e. The Morgan fingerprint density at radius 2 is 2.33 bits per heavy atom. The van der Waals surface area contributed by atoms with Crippen molar-refractivity contribution in [2.24, 2.45) is 0 Å². The van der Waals surface area contributed by atoms with Crippen LogP contribution in [0.4, 0.5) is 0 Å². The molecule has 2 heterocycles. The quantitative estimate of drug-likeness (QED) is 0.584. The molecule has 12 heavy (non-hydrogen) atoms. The highest BCUT2D eigenvalue weighted by Gasteiger charge is 2.00. The van der Waals surface area contributed by atoms with Gasteiger partial charge in [0.2, 0.25) is 0 Å². The summed E-state index contributed by atoms with van der Waals surface area (Å²) in [5, 5.41) is 7.52. The molecule has 0 saturated heterocycles. The predicted molar refractivity (Wildman–Crippen MR) is 43.0 cm³/mol. The summed E-state index contributed by atoms with van der Waals surface area (Å²) in [5.74, 6) is 0.0469. The first-order valence-electron chi connectivity index (χ1n) is 3.58. The number of nitrogens with zero attached hydrogens (tertiary/aromatic N) is 3. The third-order valence-corrected chi connectivity index (χ3v) is 1.70. The first-order valence-corrected chi connectivity index (χ1v) is 3.58. The van der Waals surface area contributed by atoms with Crippen LogP contribution in [0.25, 0.3) is 5.65 Å². The number of fused-ring (bicyclic) bond motifs is 1. The molecule has 0 aliphatic heterocycles. The van der Waals surface area contributed by atoms with Gasteiger partial charge in [-0.05, 0) is 19.1 Å². The Hall–Kier alpha value is -1.71. The van der Waals surface area contributed by atoms with E-state index in [9.17, 15) is 4.79 Å². The highest BCUT2D eigenvalue weighted by atomic mass is 16.1. The van der Waals surface area contributed by atoms with Crippen LogP contribution in [0.5, 0.6) is 0 Å². The van der Waals surface area contributed by atoms with Crippen molar-refractivity contribution in [1.82, 2.24) is 14.6 Å². The summed E-state index contributed by atoms with van der Waals surface area (Å²) in [6, 6.07) is 3.51. The lowest BCUT2D eigenvalue weighted by Crippen LogP contribution is -1.94. The van der Waals surface area contributed by atoms with Crippen molar-refractivity contribution >= 4 is 11.4 Å². The molecule has 0 saturated carbocycles. The molecule has 0 atom stereocenters. The Morgan fingerprint density at radius 1 is 1.50 bits per heavy atom. The van der Waals surface area contributed by atoms with Gasteiger partial charge in [0, 0.05) is 11.8 Å². The minimum atomic E-state index is 0.0469. The number of hydrogen-bond acceptors (Lipinski definition) is 3. The van der Waals surface area contributed by atoms with Crippen molar-refractivity contribution in [2.75, 3.05) is 0 Å². The second-order valence-electron chi connectivity index (χ2n) is 2.57. The molecule has 0 spiro atoms. The molecule has 2 aromatic rings. The van der Waals surface area contributed by atoms with Gasteiger partial charge in [-0.2, -0.15) is 0 Å². The number of Topliss-reactive ketones (excluding diaryl/α,β-unsaturated/α-hetero) is 1. The highest BCUT2D eigenvalue weighted by Crippen LogP contribution is 2.03. The zero-order valence-electron chi connectivity index (χ0n) is 6.56. The second kappa shape index (κ2) is 2.41. The molecule has 2 rings (SSSR count). The minimum Gasteiger partial charge on any atom is -0.294 e. The summed E-state index contributed by atoms with van der Waals surface area (Å²) >= 11 is 0. The first-order chi connectivity index (χ1) is 5.77. The van der Waals surface area contributed by atoms with Gasteiger partial charge in [-0.1, -0.05) is 0 Å². The van der Waals surface area contributed by atoms with E-state index in [0.717, 1.165) is 5.65 Å². The Kier molecular flexibility index (Phi) is 1.40. The van der Waals surface area contributed by atoms with E-state index in [4.69, 9.17) is 0 Å². The minimum absolute atomic E-state index is 0.0469. The van der Waals surface area contributed by atoms with Gasteiger partial charge in [0.25, 0.3) is 0 Å². The predicted octanol–water partition coefficient (Wildman–Crippen LogP) is 0.932. The summed E-state index contributed by atoms with van der Waals surface area (Å²) in [6.07, 6.45) is 3.29. The molecule has 0 radical (unpaired) electrons. The summed E-state index contributed by atoms with van der Waals surface area (Å²) in [4.78, 5) is 11.0. The fourth-order valence-corrected chi connectivity index (χ4v) is 1.04. The number of rotatable bonds is 1. The molecule has 4 nitrogen and oxygen atoms in total. The smallest absolute Gasteiger partial charge is 0.161 e. The van der Waals surface area contributed by atoms with Crippen molar-refractivity contribution in [2.45, 2.75) is 6.92 Å². The monoisotopic (exact) mass is 161 g/mol. The summed E-state index contributed by atoms with van der Waals surface area (Å²) in [5.41, 5.74) is 1.42. The summed E-state index contributed by atoms with van der Waals surface area (Å²) in [7, 11) is 0. The molecule has 0 fully saturated rings. The number of aromatic nitrogens is 3. The van der Waals surface area contributed by atoms with Crippen molar-refractivity contribution < 1.29 is 4.79 Å². The number of ketones is 1. The molecular weight excluding hydrogens is 154 g/mol. The molecule has 0 aromatic carbocycles. The fourth-order valence-electron chi connectivity index (χ4n) is 1.04. The zero-order chi connectivity index (χ0) is 8.55. The third-order valence-electron chi connectivity index (χ3n) is 1.70. The van der Waals surface area contributed by atoms with Crippen molar-refractivity contribution in [1.29, 1.82) is 0 Å². The van der Waals surface area contributed by atoms with Crippen LogP contribution in [0.2, 0.25) is 0 Å². The third kappa shape index (κ3) is 0.972. The van der Waals surface area contributed by atoms with E-state index in [1.165, 1.54) is 6.92 Å². The van der Waals surface area contributed by atoms with Crippen molar-refractivity contribution in [3.63, 3.8) is 0 Å². The summed E-state index contributed by atoms with van der Waals surface area (Å²) in [6.45, 7) is 1.53. The Labute approximate surface area is 68.8 Å². The average Bonchev–Trinajstić information content (AvgIpc) is 2.49. The summed E-state index contributed by atoms with van der Waals surface area (Å²) < 4.78 is 1.72.